The first-order valence-electron chi connectivity index (χ1n) is 8.75. The standard InChI is InChI=1S/C19H21ClN4O2/c1-19(2,3)26-22-10-13-17-15-8-5-9-23(15)18(25)16-12(20)6-4-7-14(16)24(17)11-21-13/h4,6-7,10-11,15H,5,8-9H2,1-3H3/t15-/m0/s1. The minimum Gasteiger partial charge on any atom is -0.390 e. The molecule has 1 fully saturated rings. The van der Waals surface area contributed by atoms with Crippen LogP contribution in [0.3, 0.4) is 0 Å². The van der Waals surface area contributed by atoms with Crippen LogP contribution in [0.1, 0.15) is 61.4 Å². The Morgan fingerprint density at radius 1 is 1.38 bits per heavy atom. The van der Waals surface area contributed by atoms with Gasteiger partial charge in [-0.05, 0) is 45.7 Å². The number of nitrogens with zero attached hydrogens (tertiary/aromatic N) is 4. The van der Waals surface area contributed by atoms with Gasteiger partial charge in [0.15, 0.2) is 0 Å². The Morgan fingerprint density at radius 2 is 2.19 bits per heavy atom. The molecule has 1 aromatic carbocycles. The normalized spacial score (nSPS) is 19.3. The molecule has 2 aliphatic heterocycles. The fourth-order valence-electron chi connectivity index (χ4n) is 3.59. The summed E-state index contributed by atoms with van der Waals surface area (Å²) in [7, 11) is 0. The highest BCUT2D eigenvalue weighted by molar-refractivity contribution is 6.34. The number of rotatable bonds is 2. The lowest BCUT2D eigenvalue weighted by molar-refractivity contribution is 0.00195. The van der Waals surface area contributed by atoms with Crippen molar-refractivity contribution in [2.75, 3.05) is 6.54 Å². The van der Waals surface area contributed by atoms with E-state index in [1.807, 2.05) is 42.4 Å². The van der Waals surface area contributed by atoms with E-state index in [0.29, 0.717) is 22.8 Å². The third kappa shape index (κ3) is 2.78. The van der Waals surface area contributed by atoms with Gasteiger partial charge in [0.05, 0.1) is 34.2 Å². The Morgan fingerprint density at radius 3 is 2.96 bits per heavy atom. The van der Waals surface area contributed by atoms with Crippen molar-refractivity contribution in [1.82, 2.24) is 14.5 Å². The summed E-state index contributed by atoms with van der Waals surface area (Å²) in [5.41, 5.74) is 2.59. The van der Waals surface area contributed by atoms with Crippen LogP contribution < -0.4 is 0 Å². The average molecular weight is 373 g/mol. The number of hydrogen-bond donors (Lipinski definition) is 0. The summed E-state index contributed by atoms with van der Waals surface area (Å²) in [6.07, 6.45) is 5.21. The molecule has 0 radical (unpaired) electrons. The Hall–Kier alpha value is -2.34. The largest absolute Gasteiger partial charge is 0.390 e. The summed E-state index contributed by atoms with van der Waals surface area (Å²) in [4.78, 5) is 25.0. The maximum Gasteiger partial charge on any atom is 0.258 e. The van der Waals surface area contributed by atoms with Crippen LogP contribution in [0.2, 0.25) is 5.02 Å². The van der Waals surface area contributed by atoms with Crippen molar-refractivity contribution >= 4 is 23.7 Å². The molecule has 26 heavy (non-hydrogen) atoms. The number of carbonyl (C=O) groups excluding carboxylic acids is 1. The molecule has 0 N–H and O–H groups in total. The van der Waals surface area contributed by atoms with Gasteiger partial charge in [-0.3, -0.25) is 9.36 Å². The van der Waals surface area contributed by atoms with Crippen molar-refractivity contribution < 1.29 is 9.63 Å². The van der Waals surface area contributed by atoms with Gasteiger partial charge in [0.1, 0.15) is 17.6 Å². The van der Waals surface area contributed by atoms with Gasteiger partial charge in [0.25, 0.3) is 5.91 Å². The molecule has 136 valence electrons. The predicted octanol–water partition coefficient (Wildman–Crippen LogP) is 3.97. The highest BCUT2D eigenvalue weighted by atomic mass is 35.5. The lowest BCUT2D eigenvalue weighted by Crippen LogP contribution is -2.30. The van der Waals surface area contributed by atoms with Crippen LogP contribution in [0.4, 0.5) is 0 Å². The molecule has 0 aliphatic carbocycles. The maximum absolute atomic E-state index is 13.1. The monoisotopic (exact) mass is 372 g/mol. The second kappa shape index (κ2) is 6.13. The Kier molecular flexibility index (Phi) is 4.03. The summed E-state index contributed by atoms with van der Waals surface area (Å²) in [5.74, 6) is -0.0226. The molecule has 4 rings (SSSR count). The lowest BCUT2D eigenvalue weighted by Gasteiger charge is -2.22. The first-order valence-corrected chi connectivity index (χ1v) is 9.13. The van der Waals surface area contributed by atoms with Crippen molar-refractivity contribution in [2.24, 2.45) is 5.16 Å². The van der Waals surface area contributed by atoms with Gasteiger partial charge in [-0.1, -0.05) is 22.8 Å². The van der Waals surface area contributed by atoms with Crippen LogP contribution in [-0.2, 0) is 4.84 Å². The number of oxime groups is 1. The van der Waals surface area contributed by atoms with Crippen molar-refractivity contribution in [3.63, 3.8) is 0 Å². The minimum absolute atomic E-state index is 0.0226. The van der Waals surface area contributed by atoms with E-state index < -0.39 is 0 Å². The van der Waals surface area contributed by atoms with Crippen molar-refractivity contribution in [2.45, 2.75) is 45.3 Å². The second-order valence-electron chi connectivity index (χ2n) is 7.61. The third-order valence-electron chi connectivity index (χ3n) is 4.63. The zero-order valence-electron chi connectivity index (χ0n) is 15.1. The number of imidazole rings is 1. The second-order valence-corrected chi connectivity index (χ2v) is 8.02. The quantitative estimate of drug-likeness (QED) is 0.592. The molecule has 7 heteroatoms. The Bertz CT molecular complexity index is 897. The zero-order chi connectivity index (χ0) is 18.5. The maximum atomic E-state index is 13.1. The smallest absolute Gasteiger partial charge is 0.258 e. The predicted molar refractivity (Wildman–Crippen MR) is 100 cm³/mol. The van der Waals surface area contributed by atoms with Crippen molar-refractivity contribution in [1.29, 1.82) is 0 Å². The molecule has 0 bridgehead atoms. The average Bonchev–Trinajstić information content (AvgIpc) is 3.17. The summed E-state index contributed by atoms with van der Waals surface area (Å²) in [5, 5.41) is 4.56. The number of aromatic nitrogens is 2. The van der Waals surface area contributed by atoms with Crippen LogP contribution in [0.5, 0.6) is 0 Å². The molecule has 1 saturated heterocycles. The Balaban J connectivity index is 1.86. The summed E-state index contributed by atoms with van der Waals surface area (Å²) in [6.45, 7) is 6.53. The van der Waals surface area contributed by atoms with Crippen LogP contribution in [0.15, 0.2) is 29.7 Å². The molecular formula is C19H21ClN4O2. The van der Waals surface area contributed by atoms with E-state index in [2.05, 4.69) is 10.1 Å². The Labute approximate surface area is 157 Å². The number of carbonyl (C=O) groups is 1. The van der Waals surface area contributed by atoms with E-state index >= 15 is 0 Å². The first-order chi connectivity index (χ1) is 12.4. The number of fused-ring (bicyclic) bond motifs is 5. The molecule has 0 unspecified atom stereocenters. The molecular weight excluding hydrogens is 352 g/mol. The van der Waals surface area contributed by atoms with Gasteiger partial charge in [-0.25, -0.2) is 4.98 Å². The van der Waals surface area contributed by atoms with Gasteiger partial charge in [0.2, 0.25) is 0 Å². The van der Waals surface area contributed by atoms with Crippen LogP contribution >= 0.6 is 11.6 Å². The van der Waals surface area contributed by atoms with E-state index in [4.69, 9.17) is 16.4 Å². The SMILES string of the molecule is CC(C)(C)ON=Cc1ncn2c1[C@@H]1CCCN1C(=O)c1c(Cl)cccc1-2. The van der Waals surface area contributed by atoms with Gasteiger partial charge in [-0.2, -0.15) is 0 Å². The fraction of sp³-hybridized carbons (Fsp3) is 0.421. The highest BCUT2D eigenvalue weighted by Crippen LogP contribution is 2.40. The van der Waals surface area contributed by atoms with Crippen molar-refractivity contribution in [3.05, 3.63) is 46.5 Å². The van der Waals surface area contributed by atoms with Crippen molar-refractivity contribution in [3.8, 4) is 5.69 Å². The molecule has 0 saturated carbocycles. The number of benzene rings is 1. The summed E-state index contributed by atoms with van der Waals surface area (Å²) >= 11 is 6.38. The molecule has 1 amide bonds. The number of hydrogen-bond acceptors (Lipinski definition) is 4. The molecule has 0 spiro atoms. The van der Waals surface area contributed by atoms with Gasteiger partial charge in [-0.15, -0.1) is 0 Å². The summed E-state index contributed by atoms with van der Waals surface area (Å²) < 4.78 is 1.97. The van der Waals surface area contributed by atoms with Crippen LogP contribution in [0.25, 0.3) is 5.69 Å². The molecule has 6 nitrogen and oxygen atoms in total. The molecule has 3 heterocycles. The van der Waals surface area contributed by atoms with E-state index in [1.165, 1.54) is 0 Å². The van der Waals surface area contributed by atoms with Gasteiger partial charge < -0.3 is 9.74 Å². The fourth-order valence-corrected chi connectivity index (χ4v) is 3.84. The highest BCUT2D eigenvalue weighted by Gasteiger charge is 2.39. The molecule has 2 aromatic rings. The minimum atomic E-state index is -0.372. The van der Waals surface area contributed by atoms with Gasteiger partial charge >= 0.3 is 0 Å². The molecule has 2 aliphatic rings. The lowest BCUT2D eigenvalue weighted by atomic mass is 10.1. The van der Waals surface area contributed by atoms with Gasteiger partial charge in [0, 0.05) is 6.54 Å². The molecule has 1 atom stereocenters. The van der Waals surface area contributed by atoms with E-state index in [1.54, 1.807) is 18.6 Å². The first kappa shape index (κ1) is 17.1. The van der Waals surface area contributed by atoms with Crippen LogP contribution in [0, 0.1) is 0 Å². The van der Waals surface area contributed by atoms with Crippen LogP contribution in [-0.4, -0.2) is 38.7 Å². The molecule has 1 aromatic heterocycles. The number of halogens is 1. The topological polar surface area (TPSA) is 59.7 Å². The van der Waals surface area contributed by atoms with E-state index in [-0.39, 0.29) is 17.6 Å². The third-order valence-corrected chi connectivity index (χ3v) is 4.95. The van der Waals surface area contributed by atoms with E-state index in [9.17, 15) is 4.79 Å². The zero-order valence-corrected chi connectivity index (χ0v) is 15.8. The number of amides is 1. The van der Waals surface area contributed by atoms with E-state index in [0.717, 1.165) is 24.2 Å². The summed E-state index contributed by atoms with van der Waals surface area (Å²) in [6, 6.07) is 5.47.